The van der Waals surface area contributed by atoms with E-state index in [1.807, 2.05) is 0 Å². The number of nitrogens with one attached hydrogen (secondary N) is 3. The first-order valence-corrected chi connectivity index (χ1v) is 19.2. The monoisotopic (exact) mass is 672 g/mol. The third kappa shape index (κ3) is 7.11. The lowest BCUT2D eigenvalue weighted by molar-refractivity contribution is 0.166. The Hall–Kier alpha value is -2.64. The van der Waals surface area contributed by atoms with E-state index in [9.17, 15) is 26.9 Å². The van der Waals surface area contributed by atoms with Crippen LogP contribution in [0.15, 0.2) is 51.4 Å². The normalized spacial score (nSPS) is 23.5. The van der Waals surface area contributed by atoms with Gasteiger partial charge in [0.05, 0.1) is 15.5 Å². The van der Waals surface area contributed by atoms with Gasteiger partial charge in [0.1, 0.15) is 5.69 Å². The van der Waals surface area contributed by atoms with Crippen LogP contribution in [-0.4, -0.2) is 34.1 Å². The van der Waals surface area contributed by atoms with Gasteiger partial charge < -0.3 is 0 Å². The predicted molar refractivity (Wildman–Crippen MR) is 183 cm³/mol. The van der Waals surface area contributed by atoms with Crippen molar-refractivity contribution in [1.82, 2.24) is 9.44 Å². The van der Waals surface area contributed by atoms with Gasteiger partial charge in [0.15, 0.2) is 0 Å². The molecule has 3 aromatic rings. The summed E-state index contributed by atoms with van der Waals surface area (Å²) < 4.78 is 59.6. The van der Waals surface area contributed by atoms with Crippen LogP contribution in [0.2, 0.25) is 0 Å². The summed E-state index contributed by atoms with van der Waals surface area (Å²) in [5.41, 5.74) is 2.62. The first kappa shape index (κ1) is 34.7. The van der Waals surface area contributed by atoms with Crippen LogP contribution in [0, 0.1) is 27.6 Å². The van der Waals surface area contributed by atoms with E-state index in [4.69, 9.17) is 0 Å². The van der Waals surface area contributed by atoms with Gasteiger partial charge in [-0.05, 0) is 103 Å². The van der Waals surface area contributed by atoms with E-state index < -0.39 is 20.0 Å². The maximum absolute atomic E-state index is 13.5. The van der Waals surface area contributed by atoms with E-state index in [0.29, 0.717) is 17.2 Å². The molecule has 10 nitrogen and oxygen atoms in total. The SMILES string of the molecule is CC(C)(C)C1CCC(NS(=O)(=O)c2ccc3c(NO)c4cc(S(=O)(=O)NC5CCC(C(C)(C)C)CC5)ccc4c(N=O)c3c2)CC1. The molecule has 4 N–H and O–H groups in total. The third-order valence-electron chi connectivity index (χ3n) is 10.4. The summed E-state index contributed by atoms with van der Waals surface area (Å²) in [5.74, 6) is 1.07. The van der Waals surface area contributed by atoms with Crippen LogP contribution < -0.4 is 14.9 Å². The van der Waals surface area contributed by atoms with Gasteiger partial charge in [0.2, 0.25) is 20.0 Å². The zero-order chi connectivity index (χ0) is 33.7. The maximum Gasteiger partial charge on any atom is 0.240 e. The van der Waals surface area contributed by atoms with Crippen LogP contribution in [0.4, 0.5) is 11.4 Å². The molecule has 2 fully saturated rings. The van der Waals surface area contributed by atoms with Crippen LogP contribution in [0.1, 0.15) is 92.9 Å². The molecule has 3 aromatic carbocycles. The van der Waals surface area contributed by atoms with Crippen LogP contribution >= 0.6 is 0 Å². The van der Waals surface area contributed by atoms with E-state index in [-0.39, 0.29) is 60.2 Å². The molecular weight excluding hydrogens is 625 g/mol. The summed E-state index contributed by atoms with van der Waals surface area (Å²) in [6, 6.07) is 8.23. The second kappa shape index (κ2) is 12.8. The molecule has 0 radical (unpaired) electrons. The summed E-state index contributed by atoms with van der Waals surface area (Å²) in [5, 5.41) is 14.6. The van der Waals surface area contributed by atoms with E-state index in [1.54, 1.807) is 0 Å². The van der Waals surface area contributed by atoms with Crippen molar-refractivity contribution in [2.45, 2.75) is 115 Å². The number of hydrogen-bond donors (Lipinski definition) is 4. The van der Waals surface area contributed by atoms with Gasteiger partial charge in [0.25, 0.3) is 0 Å². The number of nitrogens with zero attached hydrogens (tertiary/aromatic N) is 1. The third-order valence-corrected chi connectivity index (χ3v) is 13.4. The summed E-state index contributed by atoms with van der Waals surface area (Å²) >= 11 is 0. The van der Waals surface area contributed by atoms with Gasteiger partial charge in [-0.25, -0.2) is 26.3 Å². The molecule has 2 aliphatic carbocycles. The van der Waals surface area contributed by atoms with Crippen LogP contribution in [0.25, 0.3) is 21.5 Å². The van der Waals surface area contributed by atoms with Crippen molar-refractivity contribution in [3.05, 3.63) is 41.3 Å². The molecule has 0 atom stereocenters. The smallest absolute Gasteiger partial charge is 0.240 e. The zero-order valence-corrected chi connectivity index (χ0v) is 29.3. The van der Waals surface area contributed by atoms with E-state index >= 15 is 0 Å². The lowest BCUT2D eigenvalue weighted by Crippen LogP contribution is -2.39. The van der Waals surface area contributed by atoms with Crippen LogP contribution in [-0.2, 0) is 20.0 Å². The van der Waals surface area contributed by atoms with Crippen molar-refractivity contribution in [3.8, 4) is 0 Å². The average molecular weight is 673 g/mol. The number of rotatable bonds is 8. The highest BCUT2D eigenvalue weighted by Crippen LogP contribution is 2.44. The molecular formula is C34H48N4O6S2. The number of benzene rings is 3. The van der Waals surface area contributed by atoms with Crippen LogP contribution in [0.5, 0.6) is 0 Å². The number of sulfonamides is 2. The Balaban J connectivity index is 1.44. The minimum Gasteiger partial charge on any atom is -0.291 e. The fourth-order valence-electron chi connectivity index (χ4n) is 7.45. The number of fused-ring (bicyclic) bond motifs is 2. The molecule has 0 aliphatic heterocycles. The Morgan fingerprint density at radius 2 is 1.04 bits per heavy atom. The zero-order valence-electron chi connectivity index (χ0n) is 27.7. The molecule has 46 heavy (non-hydrogen) atoms. The quantitative estimate of drug-likeness (QED) is 0.108. The number of nitroso groups, excluding NO2 is 1. The minimum absolute atomic E-state index is 0.00442. The molecule has 0 aromatic heterocycles. The number of hydrogen-bond acceptors (Lipinski definition) is 8. The molecule has 12 heteroatoms. The Morgan fingerprint density at radius 1 is 0.630 bits per heavy atom. The highest BCUT2D eigenvalue weighted by molar-refractivity contribution is 7.89. The van der Waals surface area contributed by atoms with Crippen molar-refractivity contribution in [1.29, 1.82) is 0 Å². The molecule has 5 rings (SSSR count). The molecule has 0 unspecified atom stereocenters. The molecule has 0 amide bonds. The fourth-order valence-corrected chi connectivity index (χ4v) is 10.1. The van der Waals surface area contributed by atoms with Crippen molar-refractivity contribution in [2.75, 3.05) is 5.48 Å². The summed E-state index contributed by atoms with van der Waals surface area (Å²) in [6.07, 6.45) is 6.76. The first-order valence-electron chi connectivity index (χ1n) is 16.3. The Morgan fingerprint density at radius 3 is 1.43 bits per heavy atom. The molecule has 252 valence electrons. The largest absolute Gasteiger partial charge is 0.291 e. The average Bonchev–Trinajstić information content (AvgIpc) is 2.98. The van der Waals surface area contributed by atoms with Gasteiger partial charge in [-0.2, -0.15) is 0 Å². The van der Waals surface area contributed by atoms with Gasteiger partial charge in [0, 0.05) is 33.6 Å². The van der Waals surface area contributed by atoms with Crippen molar-refractivity contribution >= 4 is 53.0 Å². The Kier molecular flexibility index (Phi) is 9.62. The molecule has 2 aliphatic rings. The second-order valence-electron chi connectivity index (χ2n) is 15.4. The second-order valence-corrected chi connectivity index (χ2v) is 18.8. The fraction of sp³-hybridized carbons (Fsp3) is 0.588. The van der Waals surface area contributed by atoms with Crippen molar-refractivity contribution in [2.24, 2.45) is 27.8 Å². The highest BCUT2D eigenvalue weighted by Gasteiger charge is 2.33. The molecule has 0 bridgehead atoms. The lowest BCUT2D eigenvalue weighted by Gasteiger charge is -2.37. The molecule has 0 saturated heterocycles. The van der Waals surface area contributed by atoms with E-state index in [2.05, 4.69) is 61.6 Å². The topological polar surface area (TPSA) is 154 Å². The summed E-state index contributed by atoms with van der Waals surface area (Å²) in [4.78, 5) is 12.2. The van der Waals surface area contributed by atoms with Gasteiger partial charge in [-0.3, -0.25) is 10.7 Å². The summed E-state index contributed by atoms with van der Waals surface area (Å²) in [6.45, 7) is 13.3. The Bertz CT molecular complexity index is 1830. The molecule has 2 saturated carbocycles. The van der Waals surface area contributed by atoms with Gasteiger partial charge in [-0.15, -0.1) is 4.91 Å². The predicted octanol–water partition coefficient (Wildman–Crippen LogP) is 7.96. The highest BCUT2D eigenvalue weighted by atomic mass is 32.2. The molecule has 0 spiro atoms. The maximum atomic E-state index is 13.5. The van der Waals surface area contributed by atoms with Crippen LogP contribution in [0.3, 0.4) is 0 Å². The minimum atomic E-state index is -3.92. The molecule has 0 heterocycles. The van der Waals surface area contributed by atoms with Crippen molar-refractivity contribution < 1.29 is 22.0 Å². The van der Waals surface area contributed by atoms with E-state index in [0.717, 1.165) is 51.4 Å². The number of anilines is 1. The lowest BCUT2D eigenvalue weighted by atomic mass is 9.71. The van der Waals surface area contributed by atoms with Crippen molar-refractivity contribution in [3.63, 3.8) is 0 Å². The van der Waals surface area contributed by atoms with Gasteiger partial charge >= 0.3 is 0 Å². The summed E-state index contributed by atoms with van der Waals surface area (Å²) in [7, 11) is -7.83. The Labute approximate surface area is 273 Å². The van der Waals surface area contributed by atoms with Gasteiger partial charge in [-0.1, -0.05) is 53.7 Å². The standard InChI is InChI=1S/C34H48N4O6S2/c1-33(2,3)21-7-11-23(12-8-21)37-45(41,42)25-15-17-27-29(19-25)31(35-39)28-18-16-26(20-30(28)32(27)36-40)46(43,44)38-24-13-9-22(10-14-24)34(4,5)6/h15-24,35,37-39H,7-14H2,1-6H3. The first-order chi connectivity index (χ1) is 21.4. The van der Waals surface area contributed by atoms with E-state index in [1.165, 1.54) is 36.4 Å².